The molecule has 2 aromatic carbocycles. The van der Waals surface area contributed by atoms with Gasteiger partial charge in [0, 0.05) is 17.6 Å². The van der Waals surface area contributed by atoms with Crippen molar-refractivity contribution in [2.45, 2.75) is 45.7 Å². The topological polar surface area (TPSA) is 67.2 Å². The first kappa shape index (κ1) is 17.9. The molecular formula is C20H27N3O. The number of benzene rings is 2. The van der Waals surface area contributed by atoms with Crippen molar-refractivity contribution in [2.75, 3.05) is 11.1 Å². The summed E-state index contributed by atoms with van der Waals surface area (Å²) in [6.07, 6.45) is 2.03. The smallest absolute Gasteiger partial charge is 0.251 e. The predicted molar refractivity (Wildman–Crippen MR) is 101 cm³/mol. The van der Waals surface area contributed by atoms with Gasteiger partial charge in [0.1, 0.15) is 0 Å². The van der Waals surface area contributed by atoms with E-state index in [0.717, 1.165) is 18.5 Å². The summed E-state index contributed by atoms with van der Waals surface area (Å²) in [5.74, 6) is -0.0969. The fourth-order valence-corrected chi connectivity index (χ4v) is 2.55. The predicted octanol–water partition coefficient (Wildman–Crippen LogP) is 3.84. The summed E-state index contributed by atoms with van der Waals surface area (Å²) >= 11 is 0. The van der Waals surface area contributed by atoms with E-state index in [2.05, 4.69) is 41.8 Å². The molecule has 1 unspecified atom stereocenters. The molecule has 0 saturated heterocycles. The Kier molecular flexibility index (Phi) is 6.24. The molecule has 4 nitrogen and oxygen atoms in total. The molecule has 2 aromatic rings. The molecule has 0 aromatic heterocycles. The molecule has 1 amide bonds. The Bertz CT molecular complexity index is 668. The number of nitrogen functional groups attached to an aromatic ring is 1. The van der Waals surface area contributed by atoms with Crippen LogP contribution in [0, 0.1) is 0 Å². The average Bonchev–Trinajstić information content (AvgIpc) is 2.55. The lowest BCUT2D eigenvalue weighted by Crippen LogP contribution is -2.30. The second-order valence-corrected chi connectivity index (χ2v) is 6.50. The van der Waals surface area contributed by atoms with Gasteiger partial charge in [-0.25, -0.2) is 0 Å². The zero-order chi connectivity index (χ0) is 17.5. The van der Waals surface area contributed by atoms with Gasteiger partial charge in [-0.15, -0.1) is 0 Å². The molecule has 0 fully saturated rings. The minimum atomic E-state index is -0.0969. The fourth-order valence-electron chi connectivity index (χ4n) is 2.55. The van der Waals surface area contributed by atoms with E-state index in [1.165, 1.54) is 5.56 Å². The van der Waals surface area contributed by atoms with Crippen LogP contribution in [0.15, 0.2) is 48.5 Å². The number of rotatable bonds is 7. The Morgan fingerprint density at radius 1 is 1.08 bits per heavy atom. The van der Waals surface area contributed by atoms with E-state index in [1.54, 1.807) is 12.1 Å². The Morgan fingerprint density at radius 3 is 2.42 bits per heavy atom. The third kappa shape index (κ3) is 5.30. The zero-order valence-electron chi connectivity index (χ0n) is 14.7. The molecule has 0 saturated carbocycles. The van der Waals surface area contributed by atoms with Crippen LogP contribution >= 0.6 is 0 Å². The first-order valence-corrected chi connectivity index (χ1v) is 8.46. The first-order valence-electron chi connectivity index (χ1n) is 8.46. The maximum Gasteiger partial charge on any atom is 0.251 e. The molecule has 0 spiro atoms. The summed E-state index contributed by atoms with van der Waals surface area (Å²) in [6.45, 7) is 6.01. The maximum atomic E-state index is 12.0. The molecule has 0 aliphatic heterocycles. The van der Waals surface area contributed by atoms with Crippen molar-refractivity contribution in [3.05, 3.63) is 59.7 Å². The number of amides is 1. The summed E-state index contributed by atoms with van der Waals surface area (Å²) < 4.78 is 0. The molecular weight excluding hydrogens is 298 g/mol. The lowest BCUT2D eigenvalue weighted by atomic mass is 10.1. The molecule has 0 radical (unpaired) electrons. The Balaban J connectivity index is 1.93. The van der Waals surface area contributed by atoms with Crippen molar-refractivity contribution in [3.8, 4) is 0 Å². The van der Waals surface area contributed by atoms with Crippen LogP contribution in [-0.4, -0.2) is 18.0 Å². The lowest BCUT2D eigenvalue weighted by molar-refractivity contribution is 0.0943. The molecule has 0 bridgehead atoms. The van der Waals surface area contributed by atoms with Crippen molar-refractivity contribution >= 4 is 17.3 Å². The molecule has 1 atom stereocenters. The van der Waals surface area contributed by atoms with Gasteiger partial charge in [-0.3, -0.25) is 4.79 Å². The second kappa shape index (κ2) is 8.39. The van der Waals surface area contributed by atoms with Crippen molar-refractivity contribution in [2.24, 2.45) is 0 Å². The Morgan fingerprint density at radius 2 is 1.79 bits per heavy atom. The van der Waals surface area contributed by atoms with Gasteiger partial charge in [0.05, 0.1) is 11.4 Å². The number of carbonyl (C=O) groups is 1. The highest BCUT2D eigenvalue weighted by atomic mass is 16.1. The zero-order valence-corrected chi connectivity index (χ0v) is 14.7. The number of nitrogens with one attached hydrogen (secondary N) is 2. The van der Waals surface area contributed by atoms with Gasteiger partial charge in [0.2, 0.25) is 0 Å². The van der Waals surface area contributed by atoms with Gasteiger partial charge in [0.15, 0.2) is 0 Å². The molecule has 24 heavy (non-hydrogen) atoms. The SMILES string of the molecule is CC(C)NC(=O)c1ccc(NC(C)CCc2ccccc2)c(N)c1. The van der Waals surface area contributed by atoms with Gasteiger partial charge in [0.25, 0.3) is 5.91 Å². The van der Waals surface area contributed by atoms with Crippen molar-refractivity contribution in [3.63, 3.8) is 0 Å². The van der Waals surface area contributed by atoms with E-state index in [9.17, 15) is 4.79 Å². The van der Waals surface area contributed by atoms with E-state index in [4.69, 9.17) is 5.73 Å². The number of hydrogen-bond donors (Lipinski definition) is 3. The number of nitrogens with two attached hydrogens (primary N) is 1. The van der Waals surface area contributed by atoms with Crippen LogP contribution in [0.1, 0.15) is 43.1 Å². The monoisotopic (exact) mass is 325 g/mol. The summed E-state index contributed by atoms with van der Waals surface area (Å²) in [4.78, 5) is 12.0. The summed E-state index contributed by atoms with van der Waals surface area (Å²) in [6, 6.07) is 16.2. The molecule has 0 heterocycles. The van der Waals surface area contributed by atoms with Crippen LogP contribution in [0.3, 0.4) is 0 Å². The van der Waals surface area contributed by atoms with E-state index in [-0.39, 0.29) is 11.9 Å². The number of carbonyl (C=O) groups excluding carboxylic acids is 1. The van der Waals surface area contributed by atoms with Gasteiger partial charge in [-0.1, -0.05) is 30.3 Å². The van der Waals surface area contributed by atoms with Gasteiger partial charge < -0.3 is 16.4 Å². The van der Waals surface area contributed by atoms with Crippen LogP contribution in [-0.2, 0) is 6.42 Å². The molecule has 0 aliphatic carbocycles. The van der Waals surface area contributed by atoms with Gasteiger partial charge in [-0.2, -0.15) is 0 Å². The lowest BCUT2D eigenvalue weighted by Gasteiger charge is -2.17. The number of anilines is 2. The van der Waals surface area contributed by atoms with Crippen LogP contribution in [0.2, 0.25) is 0 Å². The van der Waals surface area contributed by atoms with Crippen molar-refractivity contribution in [1.82, 2.24) is 5.32 Å². The third-order valence-electron chi connectivity index (χ3n) is 3.84. The average molecular weight is 325 g/mol. The summed E-state index contributed by atoms with van der Waals surface area (Å²) in [5, 5.41) is 6.30. The molecule has 4 heteroatoms. The second-order valence-electron chi connectivity index (χ2n) is 6.50. The quantitative estimate of drug-likeness (QED) is 0.678. The van der Waals surface area contributed by atoms with E-state index in [0.29, 0.717) is 17.3 Å². The number of aryl methyl sites for hydroxylation is 1. The van der Waals surface area contributed by atoms with Crippen LogP contribution in [0.4, 0.5) is 11.4 Å². The fraction of sp³-hybridized carbons (Fsp3) is 0.350. The minimum Gasteiger partial charge on any atom is -0.397 e. The summed E-state index contributed by atoms with van der Waals surface area (Å²) in [7, 11) is 0. The van der Waals surface area contributed by atoms with Gasteiger partial charge in [-0.05, 0) is 57.4 Å². The first-order chi connectivity index (χ1) is 11.5. The summed E-state index contributed by atoms with van der Waals surface area (Å²) in [5.41, 5.74) is 9.49. The highest BCUT2D eigenvalue weighted by molar-refractivity contribution is 5.96. The Hall–Kier alpha value is -2.49. The molecule has 0 aliphatic rings. The van der Waals surface area contributed by atoms with Crippen LogP contribution < -0.4 is 16.4 Å². The number of hydrogen-bond acceptors (Lipinski definition) is 3. The van der Waals surface area contributed by atoms with E-state index in [1.807, 2.05) is 26.0 Å². The van der Waals surface area contributed by atoms with Crippen molar-refractivity contribution < 1.29 is 4.79 Å². The van der Waals surface area contributed by atoms with E-state index >= 15 is 0 Å². The Labute approximate surface area is 144 Å². The normalized spacial score (nSPS) is 12.0. The van der Waals surface area contributed by atoms with E-state index < -0.39 is 0 Å². The minimum absolute atomic E-state index is 0.0969. The largest absolute Gasteiger partial charge is 0.397 e. The van der Waals surface area contributed by atoms with Crippen molar-refractivity contribution in [1.29, 1.82) is 0 Å². The highest BCUT2D eigenvalue weighted by Gasteiger charge is 2.10. The molecule has 128 valence electrons. The maximum absolute atomic E-state index is 12.0. The van der Waals surface area contributed by atoms with Gasteiger partial charge >= 0.3 is 0 Å². The van der Waals surface area contributed by atoms with Crippen LogP contribution in [0.25, 0.3) is 0 Å². The molecule has 4 N–H and O–H groups in total. The highest BCUT2D eigenvalue weighted by Crippen LogP contribution is 2.22. The third-order valence-corrected chi connectivity index (χ3v) is 3.84. The standard InChI is InChI=1S/C20H27N3O/c1-14(2)22-20(24)17-11-12-19(18(21)13-17)23-15(3)9-10-16-7-5-4-6-8-16/h4-8,11-15,23H,9-10,21H2,1-3H3,(H,22,24). The molecule has 2 rings (SSSR count). The van der Waals surface area contributed by atoms with Crippen LogP contribution in [0.5, 0.6) is 0 Å².